The van der Waals surface area contributed by atoms with Crippen molar-refractivity contribution in [2.24, 2.45) is 0 Å². The molecular formula is C13H24N4O2S. The normalized spacial score (nSPS) is 16.8. The Labute approximate surface area is 120 Å². The number of nitrogen functional groups attached to an aromatic ring is 1. The standard InChI is InChI=1S/C13H24N4O2S/c1-4-16(5-2)13-11(20(3,18)19)12(14)17(15-13)10-8-6-7-9-10/h10H,4-9,14H2,1-3H3. The lowest BCUT2D eigenvalue weighted by molar-refractivity contribution is 0.472. The molecule has 1 heterocycles. The second-order valence-corrected chi connectivity index (χ2v) is 7.32. The third kappa shape index (κ3) is 2.63. The number of hydrogen-bond acceptors (Lipinski definition) is 5. The van der Waals surface area contributed by atoms with Crippen molar-refractivity contribution in [2.75, 3.05) is 30.0 Å². The van der Waals surface area contributed by atoms with Gasteiger partial charge in [0.25, 0.3) is 0 Å². The lowest BCUT2D eigenvalue weighted by Gasteiger charge is -2.19. The Morgan fingerprint density at radius 3 is 2.30 bits per heavy atom. The molecule has 1 aliphatic rings. The molecular weight excluding hydrogens is 276 g/mol. The van der Waals surface area contributed by atoms with E-state index in [9.17, 15) is 8.42 Å². The highest BCUT2D eigenvalue weighted by Crippen LogP contribution is 2.37. The Morgan fingerprint density at radius 2 is 1.85 bits per heavy atom. The molecule has 1 saturated carbocycles. The predicted octanol–water partition coefficient (Wildman–Crippen LogP) is 1.83. The van der Waals surface area contributed by atoms with Gasteiger partial charge in [-0.05, 0) is 26.7 Å². The van der Waals surface area contributed by atoms with Crippen LogP contribution in [0.3, 0.4) is 0 Å². The topological polar surface area (TPSA) is 81.2 Å². The number of anilines is 2. The Morgan fingerprint density at radius 1 is 1.30 bits per heavy atom. The van der Waals surface area contributed by atoms with E-state index in [4.69, 9.17) is 5.73 Å². The van der Waals surface area contributed by atoms with E-state index in [0.29, 0.717) is 24.7 Å². The maximum atomic E-state index is 12.1. The molecule has 7 heteroatoms. The molecule has 2 rings (SSSR count). The lowest BCUT2D eigenvalue weighted by Crippen LogP contribution is -2.24. The molecule has 0 saturated heterocycles. The molecule has 1 aromatic rings. The van der Waals surface area contributed by atoms with Crippen LogP contribution in [0.1, 0.15) is 45.6 Å². The number of hydrogen-bond donors (Lipinski definition) is 1. The fourth-order valence-corrected chi connectivity index (χ4v) is 3.91. The van der Waals surface area contributed by atoms with Crippen LogP contribution in [0.4, 0.5) is 11.6 Å². The molecule has 0 bridgehead atoms. The van der Waals surface area contributed by atoms with Crippen LogP contribution in [-0.4, -0.2) is 37.5 Å². The van der Waals surface area contributed by atoms with Crippen molar-refractivity contribution in [3.8, 4) is 0 Å². The Hall–Kier alpha value is -1.24. The molecule has 0 unspecified atom stereocenters. The van der Waals surface area contributed by atoms with E-state index >= 15 is 0 Å². The SMILES string of the molecule is CCN(CC)c1nn(C2CCCC2)c(N)c1S(C)(=O)=O. The van der Waals surface area contributed by atoms with Crippen molar-refractivity contribution >= 4 is 21.5 Å². The zero-order valence-corrected chi connectivity index (χ0v) is 13.3. The van der Waals surface area contributed by atoms with Gasteiger partial charge in [0.1, 0.15) is 5.82 Å². The van der Waals surface area contributed by atoms with Crippen LogP contribution in [0.25, 0.3) is 0 Å². The molecule has 20 heavy (non-hydrogen) atoms. The summed E-state index contributed by atoms with van der Waals surface area (Å²) in [5.41, 5.74) is 6.11. The highest BCUT2D eigenvalue weighted by molar-refractivity contribution is 7.91. The molecule has 0 radical (unpaired) electrons. The minimum absolute atomic E-state index is 0.188. The lowest BCUT2D eigenvalue weighted by atomic mass is 10.2. The smallest absolute Gasteiger partial charge is 0.182 e. The van der Waals surface area contributed by atoms with Crippen molar-refractivity contribution < 1.29 is 8.42 Å². The summed E-state index contributed by atoms with van der Waals surface area (Å²) in [7, 11) is -3.39. The van der Waals surface area contributed by atoms with E-state index in [1.165, 1.54) is 6.26 Å². The van der Waals surface area contributed by atoms with Gasteiger partial charge in [0.2, 0.25) is 0 Å². The second-order valence-electron chi connectivity index (χ2n) is 5.37. The summed E-state index contributed by atoms with van der Waals surface area (Å²) in [6.45, 7) is 5.39. The summed E-state index contributed by atoms with van der Waals surface area (Å²) in [5, 5.41) is 4.54. The van der Waals surface area contributed by atoms with Gasteiger partial charge in [-0.3, -0.25) is 0 Å². The quantitative estimate of drug-likeness (QED) is 0.897. The molecule has 6 nitrogen and oxygen atoms in total. The van der Waals surface area contributed by atoms with Crippen molar-refractivity contribution in [2.45, 2.75) is 50.5 Å². The van der Waals surface area contributed by atoms with Crippen LogP contribution < -0.4 is 10.6 Å². The third-order valence-corrected chi connectivity index (χ3v) is 5.12. The highest BCUT2D eigenvalue weighted by Gasteiger charge is 2.30. The maximum Gasteiger partial charge on any atom is 0.182 e. The summed E-state index contributed by atoms with van der Waals surface area (Å²) in [4.78, 5) is 2.13. The van der Waals surface area contributed by atoms with Crippen LogP contribution in [0.15, 0.2) is 4.90 Å². The Kier molecular flexibility index (Phi) is 4.27. The van der Waals surface area contributed by atoms with E-state index in [-0.39, 0.29) is 10.9 Å². The average Bonchev–Trinajstić information content (AvgIpc) is 2.97. The highest BCUT2D eigenvalue weighted by atomic mass is 32.2. The minimum Gasteiger partial charge on any atom is -0.383 e. The Bertz CT molecular complexity index is 569. The van der Waals surface area contributed by atoms with Gasteiger partial charge in [-0.25, -0.2) is 13.1 Å². The molecule has 1 aromatic heterocycles. The summed E-state index contributed by atoms with van der Waals surface area (Å²) in [6, 6.07) is 0.236. The summed E-state index contributed by atoms with van der Waals surface area (Å²) in [6.07, 6.45) is 5.55. The van der Waals surface area contributed by atoms with Crippen molar-refractivity contribution in [3.63, 3.8) is 0 Å². The molecule has 0 atom stereocenters. The summed E-state index contributed by atoms with van der Waals surface area (Å²) in [5.74, 6) is 0.795. The van der Waals surface area contributed by atoms with Crippen LogP contribution in [0, 0.1) is 0 Å². The second kappa shape index (κ2) is 5.63. The zero-order chi connectivity index (χ0) is 14.9. The maximum absolute atomic E-state index is 12.1. The average molecular weight is 300 g/mol. The van der Waals surface area contributed by atoms with Gasteiger partial charge in [0.15, 0.2) is 20.6 Å². The first-order chi connectivity index (χ1) is 9.40. The fraction of sp³-hybridized carbons (Fsp3) is 0.769. The first-order valence-corrected chi connectivity index (χ1v) is 9.12. The molecule has 114 valence electrons. The minimum atomic E-state index is -3.39. The largest absolute Gasteiger partial charge is 0.383 e. The monoisotopic (exact) mass is 300 g/mol. The number of sulfone groups is 1. The molecule has 1 fully saturated rings. The van der Waals surface area contributed by atoms with Crippen LogP contribution in [0.2, 0.25) is 0 Å². The molecule has 0 aliphatic heterocycles. The molecule has 0 aromatic carbocycles. The van der Waals surface area contributed by atoms with Gasteiger partial charge < -0.3 is 10.6 Å². The molecule has 1 aliphatic carbocycles. The van der Waals surface area contributed by atoms with Crippen molar-refractivity contribution in [1.29, 1.82) is 0 Å². The van der Waals surface area contributed by atoms with Crippen LogP contribution >= 0.6 is 0 Å². The van der Waals surface area contributed by atoms with E-state index in [2.05, 4.69) is 5.10 Å². The first-order valence-electron chi connectivity index (χ1n) is 7.23. The van der Waals surface area contributed by atoms with E-state index in [1.54, 1.807) is 4.68 Å². The number of nitrogens with two attached hydrogens (primary N) is 1. The number of rotatable bonds is 5. The van der Waals surface area contributed by atoms with Crippen molar-refractivity contribution in [3.05, 3.63) is 0 Å². The van der Waals surface area contributed by atoms with Gasteiger partial charge in [0, 0.05) is 19.3 Å². The van der Waals surface area contributed by atoms with Gasteiger partial charge in [-0.2, -0.15) is 5.10 Å². The zero-order valence-electron chi connectivity index (χ0n) is 12.5. The first kappa shape index (κ1) is 15.2. The van der Waals surface area contributed by atoms with Gasteiger partial charge >= 0.3 is 0 Å². The van der Waals surface area contributed by atoms with Gasteiger partial charge in [-0.15, -0.1) is 0 Å². The Balaban J connectivity index is 2.57. The number of aromatic nitrogens is 2. The van der Waals surface area contributed by atoms with E-state index in [1.807, 2.05) is 18.7 Å². The van der Waals surface area contributed by atoms with E-state index < -0.39 is 9.84 Å². The van der Waals surface area contributed by atoms with Crippen molar-refractivity contribution in [1.82, 2.24) is 9.78 Å². The van der Waals surface area contributed by atoms with Crippen LogP contribution in [0.5, 0.6) is 0 Å². The predicted molar refractivity (Wildman–Crippen MR) is 80.8 cm³/mol. The molecule has 0 amide bonds. The number of nitrogens with zero attached hydrogens (tertiary/aromatic N) is 3. The van der Waals surface area contributed by atoms with Crippen LogP contribution in [-0.2, 0) is 9.84 Å². The molecule has 0 spiro atoms. The van der Waals surface area contributed by atoms with Gasteiger partial charge in [-0.1, -0.05) is 12.8 Å². The fourth-order valence-electron chi connectivity index (χ4n) is 2.93. The van der Waals surface area contributed by atoms with Gasteiger partial charge in [0.05, 0.1) is 6.04 Å². The summed E-state index contributed by atoms with van der Waals surface area (Å²) >= 11 is 0. The molecule has 2 N–H and O–H groups in total. The van der Waals surface area contributed by atoms with E-state index in [0.717, 1.165) is 25.7 Å². The summed E-state index contributed by atoms with van der Waals surface area (Å²) < 4.78 is 25.9. The third-order valence-electron chi connectivity index (χ3n) is 3.99.